The Bertz CT molecular complexity index is 763. The number of Topliss-reactive ketones (excluding diaryl/α,β-unsaturated/α-hetero) is 1. The van der Waals surface area contributed by atoms with Gasteiger partial charge in [0.05, 0.1) is 17.5 Å². The molecule has 0 spiro atoms. The van der Waals surface area contributed by atoms with E-state index in [-0.39, 0.29) is 6.04 Å². The van der Waals surface area contributed by atoms with Crippen molar-refractivity contribution in [3.8, 4) is 0 Å². The Morgan fingerprint density at radius 1 is 1.16 bits per heavy atom. The maximum atomic E-state index is 10.8. The molecule has 1 aromatic carbocycles. The van der Waals surface area contributed by atoms with Gasteiger partial charge in [0.15, 0.2) is 0 Å². The summed E-state index contributed by atoms with van der Waals surface area (Å²) in [5.41, 5.74) is 7.15. The lowest BCUT2D eigenvalue weighted by molar-refractivity contribution is -0.120. The first-order chi connectivity index (χ1) is 15.6. The minimum Gasteiger partial charge on any atom is -0.298 e. The first kappa shape index (κ1) is 29.5. The lowest BCUT2D eigenvalue weighted by atomic mass is 9.99. The molecule has 178 valence electrons. The zero-order valence-corrected chi connectivity index (χ0v) is 21.5. The van der Waals surface area contributed by atoms with Gasteiger partial charge in [-0.15, -0.1) is 0 Å². The molecule has 0 aliphatic carbocycles. The first-order valence-electron chi connectivity index (χ1n) is 12.0. The fraction of sp³-hybridized carbons (Fsp3) is 0.519. The molecule has 5 heteroatoms. The largest absolute Gasteiger partial charge is 0.298 e. The maximum absolute atomic E-state index is 10.8. The van der Waals surface area contributed by atoms with Crippen molar-refractivity contribution in [3.63, 3.8) is 0 Å². The lowest BCUT2D eigenvalue weighted by Crippen LogP contribution is -2.30. The van der Waals surface area contributed by atoms with Gasteiger partial charge in [-0.2, -0.15) is 15.7 Å². The van der Waals surface area contributed by atoms with E-state index in [4.69, 9.17) is 0 Å². The molecule has 0 saturated carbocycles. The van der Waals surface area contributed by atoms with Gasteiger partial charge in [-0.25, -0.2) is 0 Å². The molecule has 0 radical (unpaired) electrons. The van der Waals surface area contributed by atoms with Crippen LogP contribution in [0.2, 0.25) is 0 Å². The Balaban J connectivity index is 0.000000619. The lowest BCUT2D eigenvalue weighted by Gasteiger charge is -2.14. The van der Waals surface area contributed by atoms with E-state index in [0.717, 1.165) is 42.8 Å². The van der Waals surface area contributed by atoms with Crippen molar-refractivity contribution in [2.45, 2.75) is 80.2 Å². The van der Waals surface area contributed by atoms with Gasteiger partial charge in [0.25, 0.3) is 0 Å². The number of hydrogen-bond acceptors (Lipinski definition) is 5. The molecular weight excluding hydrogens is 396 g/mol. The smallest absolute Gasteiger partial charge is 0.146 e. The normalized spacial score (nSPS) is 18.0. The van der Waals surface area contributed by atoms with Crippen LogP contribution in [0.3, 0.4) is 0 Å². The van der Waals surface area contributed by atoms with Crippen molar-refractivity contribution in [1.29, 1.82) is 0 Å². The van der Waals surface area contributed by atoms with Crippen LogP contribution in [-0.4, -0.2) is 41.7 Å². The summed E-state index contributed by atoms with van der Waals surface area (Å²) in [5.74, 6) is 0.315. The Hall–Kier alpha value is -2.53. The maximum Gasteiger partial charge on any atom is 0.146 e. The molecule has 1 N–H and O–H groups in total. The third-order valence-corrected chi connectivity index (χ3v) is 4.91. The summed E-state index contributed by atoms with van der Waals surface area (Å²) in [5, 5.41) is 8.58. The average molecular weight is 441 g/mol. The summed E-state index contributed by atoms with van der Waals surface area (Å²) in [6.45, 7) is 14.9. The predicted octanol–water partition coefficient (Wildman–Crippen LogP) is 6.37. The number of hydrogen-bond donors (Lipinski definition) is 1. The third kappa shape index (κ3) is 10.2. The number of likely N-dealkylation sites (tertiary alicyclic amines) is 1. The van der Waals surface area contributed by atoms with Crippen molar-refractivity contribution in [1.82, 2.24) is 10.4 Å². The fourth-order valence-electron chi connectivity index (χ4n) is 3.45. The van der Waals surface area contributed by atoms with E-state index in [1.165, 1.54) is 12.0 Å². The quantitative estimate of drug-likeness (QED) is 0.541. The van der Waals surface area contributed by atoms with Crippen molar-refractivity contribution in [2.24, 2.45) is 10.2 Å². The van der Waals surface area contributed by atoms with Gasteiger partial charge < -0.3 is 0 Å². The van der Waals surface area contributed by atoms with Crippen LogP contribution in [0, 0.1) is 0 Å². The monoisotopic (exact) mass is 440 g/mol. The Labute approximate surface area is 196 Å². The summed E-state index contributed by atoms with van der Waals surface area (Å²) < 4.78 is 0. The summed E-state index contributed by atoms with van der Waals surface area (Å²) in [6, 6.07) is 10.4. The van der Waals surface area contributed by atoms with E-state index >= 15 is 0 Å². The second kappa shape index (κ2) is 18.1. The van der Waals surface area contributed by atoms with Crippen LogP contribution in [-0.2, 0) is 4.79 Å². The van der Waals surface area contributed by atoms with E-state index in [1.54, 1.807) is 6.92 Å². The Kier molecular flexibility index (Phi) is 16.7. The van der Waals surface area contributed by atoms with Gasteiger partial charge >= 0.3 is 0 Å². The van der Waals surface area contributed by atoms with Crippen molar-refractivity contribution in [3.05, 3.63) is 59.7 Å². The molecule has 1 saturated heterocycles. The minimum absolute atomic E-state index is 0.227. The number of carbonyl (C=O) groups is 1. The molecule has 0 bridgehead atoms. The number of likely N-dealkylation sites (N-methyl/N-ethyl adjacent to an activating group) is 1. The molecule has 5 nitrogen and oxygen atoms in total. The van der Waals surface area contributed by atoms with Crippen LogP contribution in [0.25, 0.3) is 0 Å². The molecule has 2 heterocycles. The number of allylic oxidation sites excluding steroid dienone is 4. The van der Waals surface area contributed by atoms with Gasteiger partial charge in [0, 0.05) is 6.42 Å². The van der Waals surface area contributed by atoms with Crippen molar-refractivity contribution in [2.75, 3.05) is 13.6 Å². The number of ketones is 1. The topological polar surface area (TPSA) is 57.1 Å². The van der Waals surface area contributed by atoms with Crippen molar-refractivity contribution >= 4 is 17.2 Å². The summed E-state index contributed by atoms with van der Waals surface area (Å²) >= 11 is 0. The first-order valence-corrected chi connectivity index (χ1v) is 12.0. The summed E-state index contributed by atoms with van der Waals surface area (Å²) in [4.78, 5) is 12.9. The van der Waals surface area contributed by atoms with Gasteiger partial charge in [-0.05, 0) is 57.8 Å². The second-order valence-corrected chi connectivity index (χ2v) is 7.08. The fourth-order valence-corrected chi connectivity index (χ4v) is 3.45. The number of nitrogens with zero attached hydrogens (tertiary/aromatic N) is 3. The highest BCUT2D eigenvalue weighted by Gasteiger charge is 2.24. The SMILES string of the molecule is C/C=C\C(=C/CC)C1=NNN=C(c2ccccc2)C1.CC.CC.CC(=O)C1CCCN1C. The van der Waals surface area contributed by atoms with Crippen LogP contribution in [0.5, 0.6) is 0 Å². The summed E-state index contributed by atoms with van der Waals surface area (Å²) in [6.07, 6.45) is 10.3. The molecular formula is C27H44N4O. The van der Waals surface area contributed by atoms with Crippen LogP contribution in [0.15, 0.2) is 64.3 Å². The standard InChI is InChI=1S/C16H19N3.C7H13NO.2C2H6/c1-3-8-13(9-4-2)15-12-16(18-19-17-15)14-10-6-5-7-11-14;1-6(9)7-4-3-5-8(7)2;2*1-2/h3,5-11,19H,4,12H2,1-2H3;7H,3-5H2,1-2H3;2*1-2H3/b8-3-,13-9+;;;. The van der Waals surface area contributed by atoms with Gasteiger partial charge in [-0.1, -0.05) is 83.2 Å². The Morgan fingerprint density at radius 3 is 2.28 bits per heavy atom. The molecule has 0 amide bonds. The minimum atomic E-state index is 0.227. The summed E-state index contributed by atoms with van der Waals surface area (Å²) in [7, 11) is 2.01. The molecule has 1 aromatic rings. The van der Waals surface area contributed by atoms with Crippen LogP contribution < -0.4 is 5.53 Å². The molecule has 0 aromatic heterocycles. The number of carbonyl (C=O) groups excluding carboxylic acids is 1. The molecule has 2 aliphatic heterocycles. The highest BCUT2D eigenvalue weighted by atomic mass is 16.1. The van der Waals surface area contributed by atoms with E-state index in [2.05, 4.69) is 51.8 Å². The molecule has 2 aliphatic rings. The predicted molar refractivity (Wildman–Crippen MR) is 140 cm³/mol. The Morgan fingerprint density at radius 2 is 1.81 bits per heavy atom. The number of nitrogens with one attached hydrogen (secondary N) is 1. The second-order valence-electron chi connectivity index (χ2n) is 7.08. The van der Waals surface area contributed by atoms with Gasteiger partial charge in [-0.3, -0.25) is 9.69 Å². The molecule has 1 unspecified atom stereocenters. The van der Waals surface area contributed by atoms with Gasteiger partial charge in [0.1, 0.15) is 5.78 Å². The highest BCUT2D eigenvalue weighted by Crippen LogP contribution is 2.15. The zero-order chi connectivity index (χ0) is 24.4. The van der Waals surface area contributed by atoms with Crippen LogP contribution in [0.1, 0.15) is 79.7 Å². The number of benzene rings is 1. The van der Waals surface area contributed by atoms with Gasteiger partial charge in [0.2, 0.25) is 0 Å². The average Bonchev–Trinajstić information content (AvgIpc) is 3.29. The molecule has 3 rings (SSSR count). The molecule has 32 heavy (non-hydrogen) atoms. The number of rotatable bonds is 5. The van der Waals surface area contributed by atoms with Crippen molar-refractivity contribution < 1.29 is 4.79 Å². The van der Waals surface area contributed by atoms with E-state index < -0.39 is 0 Å². The molecule has 1 fully saturated rings. The highest BCUT2D eigenvalue weighted by molar-refractivity contribution is 6.19. The number of hydrazone groups is 2. The van der Waals surface area contributed by atoms with E-state index in [0.29, 0.717) is 5.78 Å². The van der Waals surface area contributed by atoms with Crippen LogP contribution >= 0.6 is 0 Å². The van der Waals surface area contributed by atoms with E-state index in [9.17, 15) is 4.79 Å². The zero-order valence-electron chi connectivity index (χ0n) is 21.5. The third-order valence-electron chi connectivity index (χ3n) is 4.91. The van der Waals surface area contributed by atoms with E-state index in [1.807, 2.05) is 65.9 Å². The molecule has 1 atom stereocenters. The van der Waals surface area contributed by atoms with Crippen LogP contribution in [0.4, 0.5) is 0 Å².